The summed E-state index contributed by atoms with van der Waals surface area (Å²) in [7, 11) is 0. The summed E-state index contributed by atoms with van der Waals surface area (Å²) in [5.41, 5.74) is 2.74. The van der Waals surface area contributed by atoms with Gasteiger partial charge in [-0.2, -0.15) is 0 Å². The maximum absolute atomic E-state index is 5.52. The fraction of sp³-hybridized carbons (Fsp3) is 0.909. The Morgan fingerprint density at radius 3 is 2.60 bits per heavy atom. The SMILES string of the molecule is CCCN=C(NN)N1CC2CCCC2C1. The third kappa shape index (κ3) is 2.25. The van der Waals surface area contributed by atoms with Gasteiger partial charge in [-0.1, -0.05) is 13.3 Å². The molecule has 2 fully saturated rings. The predicted molar refractivity (Wildman–Crippen MR) is 62.3 cm³/mol. The second kappa shape index (κ2) is 4.84. The molecular formula is C11H22N4. The minimum Gasteiger partial charge on any atom is -0.341 e. The van der Waals surface area contributed by atoms with Crippen molar-refractivity contribution in [3.8, 4) is 0 Å². The van der Waals surface area contributed by atoms with E-state index in [1.165, 1.54) is 19.3 Å². The van der Waals surface area contributed by atoms with E-state index in [-0.39, 0.29) is 0 Å². The summed E-state index contributed by atoms with van der Waals surface area (Å²) in [5, 5.41) is 0. The first-order chi connectivity index (χ1) is 7.35. The molecule has 2 rings (SSSR count). The van der Waals surface area contributed by atoms with Crippen molar-refractivity contribution >= 4 is 5.96 Å². The molecule has 1 saturated carbocycles. The molecule has 2 atom stereocenters. The molecule has 1 heterocycles. The lowest BCUT2D eigenvalue weighted by Gasteiger charge is -2.20. The van der Waals surface area contributed by atoms with Crippen molar-refractivity contribution in [1.29, 1.82) is 0 Å². The zero-order valence-electron chi connectivity index (χ0n) is 9.58. The number of likely N-dealkylation sites (tertiary alicyclic amines) is 1. The van der Waals surface area contributed by atoms with Crippen molar-refractivity contribution in [1.82, 2.24) is 10.3 Å². The highest BCUT2D eigenvalue weighted by atomic mass is 15.4. The first-order valence-corrected chi connectivity index (χ1v) is 6.11. The van der Waals surface area contributed by atoms with Gasteiger partial charge in [-0.3, -0.25) is 10.4 Å². The highest BCUT2D eigenvalue weighted by molar-refractivity contribution is 5.79. The Balaban J connectivity index is 1.93. The third-order valence-corrected chi connectivity index (χ3v) is 3.64. The van der Waals surface area contributed by atoms with Crippen LogP contribution in [-0.2, 0) is 0 Å². The van der Waals surface area contributed by atoms with Gasteiger partial charge >= 0.3 is 0 Å². The van der Waals surface area contributed by atoms with Crippen LogP contribution < -0.4 is 11.3 Å². The summed E-state index contributed by atoms with van der Waals surface area (Å²) < 4.78 is 0. The standard InChI is InChI=1S/C11H22N4/c1-2-6-13-11(14-12)15-7-9-4-3-5-10(9)8-15/h9-10H,2-8,12H2,1H3,(H,13,14). The number of aliphatic imine (C=N–C) groups is 1. The van der Waals surface area contributed by atoms with Gasteiger partial charge in [-0.05, 0) is 31.1 Å². The summed E-state index contributed by atoms with van der Waals surface area (Å²) in [5.74, 6) is 8.20. The molecule has 4 heteroatoms. The highest BCUT2D eigenvalue weighted by Gasteiger charge is 2.37. The number of hydrazine groups is 1. The van der Waals surface area contributed by atoms with Crippen molar-refractivity contribution in [2.45, 2.75) is 32.6 Å². The van der Waals surface area contributed by atoms with E-state index >= 15 is 0 Å². The molecule has 0 spiro atoms. The molecular weight excluding hydrogens is 188 g/mol. The highest BCUT2D eigenvalue weighted by Crippen LogP contribution is 2.37. The molecule has 3 N–H and O–H groups in total. The molecule has 1 aliphatic heterocycles. The van der Waals surface area contributed by atoms with E-state index in [1.807, 2.05) is 0 Å². The van der Waals surface area contributed by atoms with Gasteiger partial charge in [0.1, 0.15) is 0 Å². The number of rotatable bonds is 2. The van der Waals surface area contributed by atoms with Crippen molar-refractivity contribution in [2.24, 2.45) is 22.7 Å². The smallest absolute Gasteiger partial charge is 0.208 e. The molecule has 2 aliphatic rings. The summed E-state index contributed by atoms with van der Waals surface area (Å²) in [6.07, 6.45) is 5.28. The molecule has 0 amide bonds. The van der Waals surface area contributed by atoms with Gasteiger partial charge in [0.05, 0.1) is 0 Å². The Morgan fingerprint density at radius 1 is 1.40 bits per heavy atom. The van der Waals surface area contributed by atoms with Gasteiger partial charge in [0, 0.05) is 19.6 Å². The van der Waals surface area contributed by atoms with E-state index in [4.69, 9.17) is 5.84 Å². The maximum atomic E-state index is 5.52. The van der Waals surface area contributed by atoms with Gasteiger partial charge in [-0.25, -0.2) is 5.84 Å². The summed E-state index contributed by atoms with van der Waals surface area (Å²) in [6.45, 7) is 5.30. The Hall–Kier alpha value is -0.770. The number of hydrogen-bond acceptors (Lipinski definition) is 2. The van der Waals surface area contributed by atoms with Crippen molar-refractivity contribution in [3.63, 3.8) is 0 Å². The lowest BCUT2D eigenvalue weighted by Crippen LogP contribution is -2.44. The number of nitrogens with zero attached hydrogens (tertiary/aromatic N) is 2. The van der Waals surface area contributed by atoms with Crippen LogP contribution in [0.4, 0.5) is 0 Å². The van der Waals surface area contributed by atoms with Crippen LogP contribution in [0.5, 0.6) is 0 Å². The van der Waals surface area contributed by atoms with Crippen LogP contribution in [0.1, 0.15) is 32.6 Å². The van der Waals surface area contributed by atoms with Gasteiger partial charge in [0.15, 0.2) is 0 Å². The summed E-state index contributed by atoms with van der Waals surface area (Å²) in [6, 6.07) is 0. The van der Waals surface area contributed by atoms with Crippen LogP contribution >= 0.6 is 0 Å². The predicted octanol–water partition coefficient (Wildman–Crippen LogP) is 0.948. The number of hydrogen-bond donors (Lipinski definition) is 2. The minimum absolute atomic E-state index is 0.866. The number of nitrogens with one attached hydrogen (secondary N) is 1. The van der Waals surface area contributed by atoms with Crippen LogP contribution in [0.3, 0.4) is 0 Å². The fourth-order valence-corrected chi connectivity index (χ4v) is 2.86. The Morgan fingerprint density at radius 2 is 2.07 bits per heavy atom. The largest absolute Gasteiger partial charge is 0.341 e. The zero-order valence-corrected chi connectivity index (χ0v) is 9.58. The second-order valence-electron chi connectivity index (χ2n) is 4.71. The van der Waals surface area contributed by atoms with E-state index in [9.17, 15) is 0 Å². The number of fused-ring (bicyclic) bond motifs is 1. The first kappa shape index (κ1) is 10.7. The fourth-order valence-electron chi connectivity index (χ4n) is 2.86. The average Bonchev–Trinajstić information content (AvgIpc) is 2.79. The molecule has 1 saturated heterocycles. The van der Waals surface area contributed by atoms with Crippen LogP contribution in [-0.4, -0.2) is 30.5 Å². The third-order valence-electron chi connectivity index (χ3n) is 3.64. The first-order valence-electron chi connectivity index (χ1n) is 6.11. The summed E-state index contributed by atoms with van der Waals surface area (Å²) >= 11 is 0. The molecule has 2 unspecified atom stereocenters. The lowest BCUT2D eigenvalue weighted by molar-refractivity contribution is 0.446. The molecule has 15 heavy (non-hydrogen) atoms. The van der Waals surface area contributed by atoms with Gasteiger partial charge in [0.25, 0.3) is 0 Å². The van der Waals surface area contributed by atoms with Crippen LogP contribution in [0.15, 0.2) is 4.99 Å². The van der Waals surface area contributed by atoms with E-state index in [0.717, 1.165) is 43.9 Å². The molecule has 0 aromatic carbocycles. The topological polar surface area (TPSA) is 53.6 Å². The number of nitrogens with two attached hydrogens (primary N) is 1. The van der Waals surface area contributed by atoms with Crippen molar-refractivity contribution in [2.75, 3.05) is 19.6 Å². The molecule has 1 aliphatic carbocycles. The van der Waals surface area contributed by atoms with E-state index in [2.05, 4.69) is 22.2 Å². The van der Waals surface area contributed by atoms with Gasteiger partial charge in [-0.15, -0.1) is 0 Å². The molecule has 0 radical (unpaired) electrons. The van der Waals surface area contributed by atoms with Crippen LogP contribution in [0, 0.1) is 11.8 Å². The van der Waals surface area contributed by atoms with E-state index in [1.54, 1.807) is 0 Å². The average molecular weight is 210 g/mol. The summed E-state index contributed by atoms with van der Waals surface area (Å²) in [4.78, 5) is 6.80. The monoisotopic (exact) mass is 210 g/mol. The van der Waals surface area contributed by atoms with E-state index in [0.29, 0.717) is 0 Å². The molecule has 86 valence electrons. The second-order valence-corrected chi connectivity index (χ2v) is 4.71. The zero-order chi connectivity index (χ0) is 10.7. The van der Waals surface area contributed by atoms with Crippen LogP contribution in [0.25, 0.3) is 0 Å². The Labute approximate surface area is 91.9 Å². The number of guanidine groups is 1. The molecule has 0 bridgehead atoms. The van der Waals surface area contributed by atoms with Crippen molar-refractivity contribution in [3.05, 3.63) is 0 Å². The lowest BCUT2D eigenvalue weighted by atomic mass is 10.0. The normalized spacial score (nSPS) is 30.8. The Kier molecular flexibility index (Phi) is 3.46. The maximum Gasteiger partial charge on any atom is 0.208 e. The van der Waals surface area contributed by atoms with Crippen LogP contribution in [0.2, 0.25) is 0 Å². The van der Waals surface area contributed by atoms with E-state index < -0.39 is 0 Å². The molecule has 0 aromatic heterocycles. The van der Waals surface area contributed by atoms with Crippen molar-refractivity contribution < 1.29 is 0 Å². The van der Waals surface area contributed by atoms with Gasteiger partial charge < -0.3 is 4.90 Å². The van der Waals surface area contributed by atoms with Gasteiger partial charge in [0.2, 0.25) is 5.96 Å². The minimum atomic E-state index is 0.866. The molecule has 4 nitrogen and oxygen atoms in total. The molecule has 0 aromatic rings. The quantitative estimate of drug-likeness (QED) is 0.309. The Bertz CT molecular complexity index is 227.